The molecular weight excluding hydrogens is 312 g/mol. The number of anilines is 2. The van der Waals surface area contributed by atoms with Gasteiger partial charge in [0.15, 0.2) is 5.13 Å². The standard InChI is InChI=1S/C13H13ClN4O2S/c1-18(2)12(20)8-4-3-7(14)5-9(8)16-11(19)10-6-21-13(15)17-10/h3-6H,1-2H3,(H2,15,17)(H,16,19). The lowest BCUT2D eigenvalue weighted by Gasteiger charge is -2.14. The second-order valence-corrected chi connectivity index (χ2v) is 5.74. The molecule has 0 bridgehead atoms. The monoisotopic (exact) mass is 324 g/mol. The maximum absolute atomic E-state index is 12.1. The van der Waals surface area contributed by atoms with Gasteiger partial charge in [-0.15, -0.1) is 11.3 Å². The van der Waals surface area contributed by atoms with Crippen LogP contribution in [0.25, 0.3) is 0 Å². The van der Waals surface area contributed by atoms with Crippen molar-refractivity contribution >= 4 is 45.6 Å². The summed E-state index contributed by atoms with van der Waals surface area (Å²) >= 11 is 7.09. The number of carbonyl (C=O) groups is 2. The number of aromatic nitrogens is 1. The van der Waals surface area contributed by atoms with Crippen LogP contribution in [-0.2, 0) is 0 Å². The zero-order valence-electron chi connectivity index (χ0n) is 11.4. The van der Waals surface area contributed by atoms with Crippen LogP contribution in [-0.4, -0.2) is 35.8 Å². The first-order valence-electron chi connectivity index (χ1n) is 5.92. The third kappa shape index (κ3) is 3.50. The molecule has 1 aromatic heterocycles. The lowest BCUT2D eigenvalue weighted by atomic mass is 10.1. The van der Waals surface area contributed by atoms with Crippen molar-refractivity contribution in [3.8, 4) is 0 Å². The van der Waals surface area contributed by atoms with Crippen LogP contribution >= 0.6 is 22.9 Å². The number of hydrogen-bond acceptors (Lipinski definition) is 5. The average Bonchev–Trinajstić information content (AvgIpc) is 2.85. The number of nitrogens with one attached hydrogen (secondary N) is 1. The summed E-state index contributed by atoms with van der Waals surface area (Å²) in [6.07, 6.45) is 0. The molecule has 6 nitrogen and oxygen atoms in total. The third-order valence-corrected chi connectivity index (χ3v) is 3.53. The van der Waals surface area contributed by atoms with E-state index in [0.717, 1.165) is 0 Å². The Morgan fingerprint density at radius 3 is 2.67 bits per heavy atom. The minimum atomic E-state index is -0.446. The molecular formula is C13H13ClN4O2S. The zero-order valence-corrected chi connectivity index (χ0v) is 13.0. The van der Waals surface area contributed by atoms with Crippen molar-refractivity contribution in [3.05, 3.63) is 39.9 Å². The van der Waals surface area contributed by atoms with Gasteiger partial charge in [-0.3, -0.25) is 9.59 Å². The van der Waals surface area contributed by atoms with E-state index in [-0.39, 0.29) is 11.6 Å². The summed E-state index contributed by atoms with van der Waals surface area (Å²) in [6, 6.07) is 4.68. The number of carbonyl (C=O) groups excluding carboxylic acids is 2. The highest BCUT2D eigenvalue weighted by molar-refractivity contribution is 7.13. The van der Waals surface area contributed by atoms with E-state index >= 15 is 0 Å². The number of benzene rings is 1. The highest BCUT2D eigenvalue weighted by Gasteiger charge is 2.17. The van der Waals surface area contributed by atoms with Gasteiger partial charge in [0.1, 0.15) is 5.69 Å². The van der Waals surface area contributed by atoms with Crippen LogP contribution in [0.5, 0.6) is 0 Å². The van der Waals surface area contributed by atoms with Gasteiger partial charge in [-0.2, -0.15) is 0 Å². The molecule has 8 heteroatoms. The molecule has 0 aliphatic rings. The average molecular weight is 325 g/mol. The highest BCUT2D eigenvalue weighted by atomic mass is 35.5. The minimum absolute atomic E-state index is 0.195. The van der Waals surface area contributed by atoms with Gasteiger partial charge in [0, 0.05) is 24.5 Å². The molecule has 0 unspecified atom stereocenters. The number of nitrogens with zero attached hydrogens (tertiary/aromatic N) is 2. The largest absolute Gasteiger partial charge is 0.375 e. The van der Waals surface area contributed by atoms with E-state index in [1.807, 2.05) is 0 Å². The van der Waals surface area contributed by atoms with Crippen LogP contribution in [0.4, 0.5) is 10.8 Å². The summed E-state index contributed by atoms with van der Waals surface area (Å²) in [5.74, 6) is -0.683. The van der Waals surface area contributed by atoms with Gasteiger partial charge in [-0.05, 0) is 18.2 Å². The Morgan fingerprint density at radius 2 is 2.10 bits per heavy atom. The van der Waals surface area contributed by atoms with E-state index in [1.165, 1.54) is 22.3 Å². The maximum atomic E-state index is 12.1. The van der Waals surface area contributed by atoms with E-state index in [0.29, 0.717) is 21.4 Å². The van der Waals surface area contributed by atoms with Crippen molar-refractivity contribution in [2.45, 2.75) is 0 Å². The molecule has 2 amide bonds. The first-order chi connectivity index (χ1) is 9.88. The molecule has 0 aliphatic heterocycles. The number of hydrogen-bond donors (Lipinski definition) is 2. The van der Waals surface area contributed by atoms with Gasteiger partial charge in [-0.1, -0.05) is 11.6 Å². The molecule has 110 valence electrons. The van der Waals surface area contributed by atoms with Crippen LogP contribution in [0.15, 0.2) is 23.6 Å². The summed E-state index contributed by atoms with van der Waals surface area (Å²) in [5.41, 5.74) is 6.37. The van der Waals surface area contributed by atoms with Gasteiger partial charge in [-0.25, -0.2) is 4.98 Å². The molecule has 0 aliphatic carbocycles. The normalized spacial score (nSPS) is 10.2. The molecule has 3 N–H and O–H groups in total. The number of rotatable bonds is 3. The molecule has 2 rings (SSSR count). The lowest BCUT2D eigenvalue weighted by molar-refractivity contribution is 0.0828. The van der Waals surface area contributed by atoms with Gasteiger partial charge in [0.2, 0.25) is 0 Å². The first kappa shape index (κ1) is 15.3. The number of nitrogens with two attached hydrogens (primary N) is 1. The Balaban J connectivity index is 2.32. The molecule has 21 heavy (non-hydrogen) atoms. The van der Waals surface area contributed by atoms with E-state index < -0.39 is 5.91 Å². The van der Waals surface area contributed by atoms with Gasteiger partial charge >= 0.3 is 0 Å². The van der Waals surface area contributed by atoms with Gasteiger partial charge in [0.05, 0.1) is 11.3 Å². The van der Waals surface area contributed by atoms with Crippen molar-refractivity contribution in [2.75, 3.05) is 25.1 Å². The first-order valence-corrected chi connectivity index (χ1v) is 7.18. The highest BCUT2D eigenvalue weighted by Crippen LogP contribution is 2.23. The van der Waals surface area contributed by atoms with Crippen LogP contribution < -0.4 is 11.1 Å². The van der Waals surface area contributed by atoms with Crippen molar-refractivity contribution in [3.63, 3.8) is 0 Å². The predicted octanol–water partition coefficient (Wildman–Crippen LogP) is 2.33. The molecule has 0 atom stereocenters. The van der Waals surface area contributed by atoms with Crippen LogP contribution in [0.3, 0.4) is 0 Å². The summed E-state index contributed by atoms with van der Waals surface area (Å²) in [7, 11) is 3.26. The zero-order chi connectivity index (χ0) is 15.6. The minimum Gasteiger partial charge on any atom is -0.375 e. The van der Waals surface area contributed by atoms with Crippen molar-refractivity contribution in [1.29, 1.82) is 0 Å². The topological polar surface area (TPSA) is 88.3 Å². The van der Waals surface area contributed by atoms with E-state index in [1.54, 1.807) is 31.6 Å². The van der Waals surface area contributed by atoms with Gasteiger partial charge in [0.25, 0.3) is 11.8 Å². The summed E-state index contributed by atoms with van der Waals surface area (Å²) < 4.78 is 0. The lowest BCUT2D eigenvalue weighted by Crippen LogP contribution is -2.24. The summed E-state index contributed by atoms with van der Waals surface area (Å²) in [4.78, 5) is 29.5. The Bertz CT molecular complexity index is 699. The molecule has 1 aromatic carbocycles. The van der Waals surface area contributed by atoms with Crippen molar-refractivity contribution < 1.29 is 9.59 Å². The molecule has 2 aromatic rings. The fourth-order valence-electron chi connectivity index (χ4n) is 1.63. The number of amides is 2. The second-order valence-electron chi connectivity index (χ2n) is 4.41. The molecule has 1 heterocycles. The Morgan fingerprint density at radius 1 is 1.38 bits per heavy atom. The molecule has 0 radical (unpaired) electrons. The SMILES string of the molecule is CN(C)C(=O)c1ccc(Cl)cc1NC(=O)c1csc(N)n1. The van der Waals surface area contributed by atoms with Crippen LogP contribution in [0, 0.1) is 0 Å². The molecule has 0 spiro atoms. The number of nitrogen functional groups attached to an aromatic ring is 1. The number of thiazole rings is 1. The molecule has 0 fully saturated rings. The van der Waals surface area contributed by atoms with E-state index in [4.69, 9.17) is 17.3 Å². The summed E-state index contributed by atoms with van der Waals surface area (Å²) in [6.45, 7) is 0. The second kappa shape index (κ2) is 6.11. The smallest absolute Gasteiger partial charge is 0.275 e. The predicted molar refractivity (Wildman–Crippen MR) is 83.9 cm³/mol. The fourth-order valence-corrected chi connectivity index (χ4v) is 2.34. The fraction of sp³-hybridized carbons (Fsp3) is 0.154. The van der Waals surface area contributed by atoms with E-state index in [9.17, 15) is 9.59 Å². The molecule has 0 saturated carbocycles. The maximum Gasteiger partial charge on any atom is 0.275 e. The molecule has 0 saturated heterocycles. The van der Waals surface area contributed by atoms with Crippen LogP contribution in [0.2, 0.25) is 5.02 Å². The third-order valence-electron chi connectivity index (χ3n) is 2.62. The van der Waals surface area contributed by atoms with Gasteiger partial charge < -0.3 is 16.0 Å². The van der Waals surface area contributed by atoms with Crippen LogP contribution in [0.1, 0.15) is 20.8 Å². The quantitative estimate of drug-likeness (QED) is 0.907. The number of halogens is 1. The van der Waals surface area contributed by atoms with Crippen molar-refractivity contribution in [1.82, 2.24) is 9.88 Å². The summed E-state index contributed by atoms with van der Waals surface area (Å²) in [5, 5.41) is 4.90. The Hall–Kier alpha value is -2.12. The Labute approximate surface area is 130 Å². The van der Waals surface area contributed by atoms with E-state index in [2.05, 4.69) is 10.3 Å². The van der Waals surface area contributed by atoms with Crippen molar-refractivity contribution in [2.24, 2.45) is 0 Å². The Kier molecular flexibility index (Phi) is 4.44.